The van der Waals surface area contributed by atoms with E-state index in [4.69, 9.17) is 0 Å². The number of imide groups is 1. The fourth-order valence-electron chi connectivity index (χ4n) is 3.06. The Kier molecular flexibility index (Phi) is 5.98. The summed E-state index contributed by atoms with van der Waals surface area (Å²) in [4.78, 5) is 27.7. The van der Waals surface area contributed by atoms with Crippen LogP contribution >= 0.6 is 0 Å². The molecule has 1 N–H and O–H groups in total. The third kappa shape index (κ3) is 4.03. The van der Waals surface area contributed by atoms with E-state index in [1.165, 1.54) is 43.7 Å². The Hall–Kier alpha value is -0.940. The van der Waals surface area contributed by atoms with E-state index in [2.05, 4.69) is 10.2 Å². The van der Waals surface area contributed by atoms with Crippen molar-refractivity contribution in [3.63, 3.8) is 0 Å². The number of hydrogen-bond donors (Lipinski definition) is 1. The predicted molar refractivity (Wildman–Crippen MR) is 78.3 cm³/mol. The van der Waals surface area contributed by atoms with Crippen LogP contribution in [0.2, 0.25) is 0 Å². The van der Waals surface area contributed by atoms with E-state index in [-0.39, 0.29) is 17.9 Å². The fraction of sp³-hybridized carbons (Fsp3) is 0.867. The lowest BCUT2D eigenvalue weighted by Crippen LogP contribution is -2.42. The predicted octanol–water partition coefficient (Wildman–Crippen LogP) is 0.989. The monoisotopic (exact) mass is 281 g/mol. The topological polar surface area (TPSA) is 52.7 Å². The molecule has 0 saturated carbocycles. The number of carbonyl (C=O) groups excluding carboxylic acids is 2. The molecule has 0 spiro atoms. The van der Waals surface area contributed by atoms with Crippen LogP contribution in [0, 0.1) is 0 Å². The molecule has 5 nitrogen and oxygen atoms in total. The average Bonchev–Trinajstić information content (AvgIpc) is 2.65. The highest BCUT2D eigenvalue weighted by Crippen LogP contribution is 2.13. The highest BCUT2D eigenvalue weighted by molar-refractivity contribution is 6.05. The number of carbonyl (C=O) groups is 2. The van der Waals surface area contributed by atoms with E-state index < -0.39 is 0 Å². The molecular weight excluding hydrogens is 254 g/mol. The molecule has 0 bridgehead atoms. The van der Waals surface area contributed by atoms with Gasteiger partial charge in [-0.1, -0.05) is 19.8 Å². The molecule has 1 unspecified atom stereocenters. The normalized spacial score (nSPS) is 25.2. The molecule has 0 radical (unpaired) electrons. The van der Waals surface area contributed by atoms with Crippen molar-refractivity contribution in [2.45, 2.75) is 51.5 Å². The number of nitrogens with zero attached hydrogens (tertiary/aromatic N) is 2. The van der Waals surface area contributed by atoms with Crippen molar-refractivity contribution in [1.82, 2.24) is 15.1 Å². The fourth-order valence-corrected chi connectivity index (χ4v) is 3.06. The minimum absolute atomic E-state index is 0.0240. The summed E-state index contributed by atoms with van der Waals surface area (Å²) in [5, 5.41) is 3.26. The van der Waals surface area contributed by atoms with Gasteiger partial charge in [0, 0.05) is 19.6 Å². The summed E-state index contributed by atoms with van der Waals surface area (Å²) in [7, 11) is 0. The van der Waals surface area contributed by atoms with Crippen LogP contribution in [0.15, 0.2) is 0 Å². The van der Waals surface area contributed by atoms with Crippen molar-refractivity contribution in [3.8, 4) is 0 Å². The molecule has 2 saturated heterocycles. The van der Waals surface area contributed by atoms with Gasteiger partial charge in [0.05, 0.1) is 12.5 Å². The molecule has 2 rings (SSSR count). The Morgan fingerprint density at radius 1 is 1.10 bits per heavy atom. The summed E-state index contributed by atoms with van der Waals surface area (Å²) >= 11 is 0. The first-order valence-electron chi connectivity index (χ1n) is 8.02. The number of rotatable bonds is 6. The first kappa shape index (κ1) is 15.4. The maximum absolute atomic E-state index is 12.1. The van der Waals surface area contributed by atoms with Gasteiger partial charge in [-0.05, 0) is 32.4 Å². The third-order valence-corrected chi connectivity index (χ3v) is 4.21. The highest BCUT2D eigenvalue weighted by atomic mass is 16.2. The van der Waals surface area contributed by atoms with E-state index in [9.17, 15) is 9.59 Å². The second-order valence-electron chi connectivity index (χ2n) is 5.85. The maximum atomic E-state index is 12.1. The maximum Gasteiger partial charge on any atom is 0.246 e. The van der Waals surface area contributed by atoms with Crippen molar-refractivity contribution in [2.24, 2.45) is 0 Å². The molecule has 2 amide bonds. The van der Waals surface area contributed by atoms with Gasteiger partial charge in [0.25, 0.3) is 0 Å². The van der Waals surface area contributed by atoms with Crippen LogP contribution in [0.4, 0.5) is 0 Å². The van der Waals surface area contributed by atoms with Crippen LogP contribution in [0.3, 0.4) is 0 Å². The lowest BCUT2D eigenvalue weighted by molar-refractivity contribution is -0.138. The molecule has 0 aromatic rings. The molecule has 1 atom stereocenters. The van der Waals surface area contributed by atoms with Crippen LogP contribution in [-0.2, 0) is 9.59 Å². The summed E-state index contributed by atoms with van der Waals surface area (Å²) in [5.41, 5.74) is 0. The van der Waals surface area contributed by atoms with Crippen LogP contribution in [-0.4, -0.2) is 60.4 Å². The van der Waals surface area contributed by atoms with Gasteiger partial charge >= 0.3 is 0 Å². The van der Waals surface area contributed by atoms with E-state index in [0.717, 1.165) is 19.5 Å². The lowest BCUT2D eigenvalue weighted by Gasteiger charge is -2.21. The van der Waals surface area contributed by atoms with Gasteiger partial charge in [-0.2, -0.15) is 0 Å². The van der Waals surface area contributed by atoms with Crippen molar-refractivity contribution < 1.29 is 9.59 Å². The minimum atomic E-state index is -0.291. The van der Waals surface area contributed by atoms with Gasteiger partial charge < -0.3 is 10.2 Å². The Morgan fingerprint density at radius 2 is 1.80 bits per heavy atom. The van der Waals surface area contributed by atoms with Crippen molar-refractivity contribution >= 4 is 11.8 Å². The third-order valence-electron chi connectivity index (χ3n) is 4.21. The largest absolute Gasteiger partial charge is 0.304 e. The molecule has 0 aromatic carbocycles. The summed E-state index contributed by atoms with van der Waals surface area (Å²) in [6.45, 7) is 6.65. The lowest BCUT2D eigenvalue weighted by atomic mass is 10.2. The van der Waals surface area contributed by atoms with Gasteiger partial charge in [0.15, 0.2) is 0 Å². The van der Waals surface area contributed by atoms with Gasteiger partial charge in [-0.15, -0.1) is 0 Å². The zero-order valence-corrected chi connectivity index (χ0v) is 12.6. The molecule has 0 aliphatic carbocycles. The van der Waals surface area contributed by atoms with Gasteiger partial charge in [-0.3, -0.25) is 14.5 Å². The summed E-state index contributed by atoms with van der Waals surface area (Å²) in [5.74, 6) is -0.0585. The smallest absolute Gasteiger partial charge is 0.246 e. The SMILES string of the molecule is CCCN1C(=O)CC(NCCN2CCCCCC2)C1=O. The second-order valence-corrected chi connectivity index (χ2v) is 5.85. The Morgan fingerprint density at radius 3 is 2.45 bits per heavy atom. The molecule has 2 heterocycles. The van der Waals surface area contributed by atoms with Crippen LogP contribution in [0.1, 0.15) is 45.4 Å². The molecule has 2 fully saturated rings. The molecular formula is C15H27N3O2. The quantitative estimate of drug-likeness (QED) is 0.738. The van der Waals surface area contributed by atoms with Gasteiger partial charge in [0.1, 0.15) is 0 Å². The molecule has 114 valence electrons. The first-order chi connectivity index (χ1) is 9.72. The second kappa shape index (κ2) is 7.74. The highest BCUT2D eigenvalue weighted by Gasteiger charge is 2.37. The van der Waals surface area contributed by atoms with Crippen LogP contribution in [0.5, 0.6) is 0 Å². The first-order valence-corrected chi connectivity index (χ1v) is 8.02. The summed E-state index contributed by atoms with van der Waals surface area (Å²) < 4.78 is 0. The molecule has 2 aliphatic heterocycles. The Labute approximate surface area is 121 Å². The summed E-state index contributed by atoms with van der Waals surface area (Å²) in [6, 6.07) is -0.291. The van der Waals surface area contributed by atoms with Crippen molar-refractivity contribution in [1.29, 1.82) is 0 Å². The van der Waals surface area contributed by atoms with Crippen molar-refractivity contribution in [2.75, 3.05) is 32.7 Å². The Bertz CT molecular complexity index is 338. The molecule has 0 aromatic heterocycles. The van der Waals surface area contributed by atoms with E-state index in [1.54, 1.807) is 0 Å². The zero-order chi connectivity index (χ0) is 14.4. The standard InChI is InChI=1S/C15H27N3O2/c1-2-8-18-14(19)12-13(15(18)20)16-7-11-17-9-5-3-4-6-10-17/h13,16H,2-12H2,1H3. The number of amides is 2. The van der Waals surface area contributed by atoms with E-state index >= 15 is 0 Å². The van der Waals surface area contributed by atoms with Gasteiger partial charge in [0.2, 0.25) is 11.8 Å². The molecule has 20 heavy (non-hydrogen) atoms. The Balaban J connectivity index is 1.71. The van der Waals surface area contributed by atoms with Crippen LogP contribution in [0.25, 0.3) is 0 Å². The van der Waals surface area contributed by atoms with Crippen molar-refractivity contribution in [3.05, 3.63) is 0 Å². The van der Waals surface area contributed by atoms with E-state index in [0.29, 0.717) is 13.0 Å². The van der Waals surface area contributed by atoms with Crippen LogP contribution < -0.4 is 5.32 Å². The molecule has 5 heteroatoms. The molecule has 2 aliphatic rings. The minimum Gasteiger partial charge on any atom is -0.304 e. The van der Waals surface area contributed by atoms with Gasteiger partial charge in [-0.25, -0.2) is 0 Å². The summed E-state index contributed by atoms with van der Waals surface area (Å²) in [6.07, 6.45) is 6.41. The number of likely N-dealkylation sites (tertiary alicyclic amines) is 2. The average molecular weight is 281 g/mol. The number of hydrogen-bond acceptors (Lipinski definition) is 4. The zero-order valence-electron chi connectivity index (χ0n) is 12.6. The number of nitrogens with one attached hydrogen (secondary N) is 1. The van der Waals surface area contributed by atoms with E-state index in [1.807, 2.05) is 6.92 Å².